The number of rotatable bonds is 5. The maximum Gasteiger partial charge on any atom is 0.325 e. The molecule has 0 aromatic heterocycles. The van der Waals surface area contributed by atoms with E-state index in [1.165, 1.54) is 0 Å². The summed E-state index contributed by atoms with van der Waals surface area (Å²) in [5, 5.41) is 12.7. The van der Waals surface area contributed by atoms with Gasteiger partial charge in [-0.15, -0.1) is 0 Å². The molecule has 4 heteroatoms. The topological polar surface area (TPSA) is 52.6 Å². The fraction of sp³-hybridized carbons (Fsp3) is 0.562. The lowest BCUT2D eigenvalue weighted by Crippen LogP contribution is -2.47. The molecule has 110 valence electrons. The van der Waals surface area contributed by atoms with Crippen LogP contribution in [-0.4, -0.2) is 41.1 Å². The number of hydrogen-bond donors (Lipinski definition) is 2. The van der Waals surface area contributed by atoms with E-state index in [2.05, 4.69) is 24.1 Å². The van der Waals surface area contributed by atoms with Gasteiger partial charge >= 0.3 is 5.97 Å². The van der Waals surface area contributed by atoms with Crippen molar-refractivity contribution in [3.05, 3.63) is 35.9 Å². The van der Waals surface area contributed by atoms with E-state index in [-0.39, 0.29) is 6.04 Å². The van der Waals surface area contributed by atoms with Gasteiger partial charge in [-0.25, -0.2) is 0 Å². The number of nitrogens with one attached hydrogen (secondary N) is 1. The summed E-state index contributed by atoms with van der Waals surface area (Å²) in [4.78, 5) is 13.9. The molecule has 1 unspecified atom stereocenters. The predicted octanol–water partition coefficient (Wildman–Crippen LogP) is 2.27. The molecule has 1 aromatic carbocycles. The smallest absolute Gasteiger partial charge is 0.325 e. The molecule has 0 aliphatic carbocycles. The number of nitrogens with zero attached hydrogens (tertiary/aromatic N) is 1. The standard InChI is InChI=1S/C16H24N2O2/c1-12(2)18-10-8-14(9-11-18)17-15(16(19)20)13-6-4-3-5-7-13/h3-7,12,14-15,17H,8-11H2,1-2H3,(H,19,20). The molecule has 1 aliphatic rings. The molecule has 20 heavy (non-hydrogen) atoms. The fourth-order valence-electron chi connectivity index (χ4n) is 2.77. The van der Waals surface area contributed by atoms with Crippen LogP contribution in [0, 0.1) is 0 Å². The average molecular weight is 276 g/mol. The van der Waals surface area contributed by atoms with E-state index in [4.69, 9.17) is 0 Å². The molecule has 0 radical (unpaired) electrons. The van der Waals surface area contributed by atoms with Gasteiger partial charge in [-0.2, -0.15) is 0 Å². The number of aliphatic carboxylic acids is 1. The zero-order chi connectivity index (χ0) is 14.5. The lowest BCUT2D eigenvalue weighted by molar-refractivity contribution is -0.140. The second-order valence-corrected chi connectivity index (χ2v) is 5.75. The second-order valence-electron chi connectivity index (χ2n) is 5.75. The molecule has 0 amide bonds. The van der Waals surface area contributed by atoms with Crippen molar-refractivity contribution >= 4 is 5.97 Å². The summed E-state index contributed by atoms with van der Waals surface area (Å²) >= 11 is 0. The van der Waals surface area contributed by atoms with Crippen LogP contribution >= 0.6 is 0 Å². The van der Waals surface area contributed by atoms with Crippen molar-refractivity contribution < 1.29 is 9.90 Å². The largest absolute Gasteiger partial charge is 0.480 e. The third-order valence-electron chi connectivity index (χ3n) is 4.04. The Morgan fingerprint density at radius 1 is 1.25 bits per heavy atom. The molecule has 0 saturated carbocycles. The van der Waals surface area contributed by atoms with Crippen LogP contribution in [0.5, 0.6) is 0 Å². The predicted molar refractivity (Wildman–Crippen MR) is 79.7 cm³/mol. The Kier molecular flexibility index (Phi) is 5.15. The molecular formula is C16H24N2O2. The van der Waals surface area contributed by atoms with Crippen LogP contribution in [0.2, 0.25) is 0 Å². The highest BCUT2D eigenvalue weighted by molar-refractivity contribution is 5.75. The van der Waals surface area contributed by atoms with Gasteiger partial charge in [0.15, 0.2) is 0 Å². The van der Waals surface area contributed by atoms with Crippen molar-refractivity contribution in [1.29, 1.82) is 0 Å². The van der Waals surface area contributed by atoms with Gasteiger partial charge in [0.2, 0.25) is 0 Å². The minimum Gasteiger partial charge on any atom is -0.480 e. The number of likely N-dealkylation sites (tertiary alicyclic amines) is 1. The maximum absolute atomic E-state index is 11.5. The van der Waals surface area contributed by atoms with Crippen molar-refractivity contribution in [3.8, 4) is 0 Å². The van der Waals surface area contributed by atoms with Gasteiger partial charge in [0.1, 0.15) is 6.04 Å². The highest BCUT2D eigenvalue weighted by atomic mass is 16.4. The minimum absolute atomic E-state index is 0.284. The van der Waals surface area contributed by atoms with Crippen LogP contribution in [-0.2, 0) is 4.79 Å². The Balaban J connectivity index is 1.95. The first-order valence-corrected chi connectivity index (χ1v) is 7.35. The van der Waals surface area contributed by atoms with E-state index in [0.29, 0.717) is 6.04 Å². The van der Waals surface area contributed by atoms with Crippen molar-refractivity contribution in [2.45, 2.75) is 44.8 Å². The van der Waals surface area contributed by atoms with E-state index in [1.807, 2.05) is 30.3 Å². The van der Waals surface area contributed by atoms with Crippen LogP contribution in [0.1, 0.15) is 38.3 Å². The number of carbonyl (C=O) groups is 1. The molecule has 1 aromatic rings. The second kappa shape index (κ2) is 6.86. The summed E-state index contributed by atoms with van der Waals surface area (Å²) in [5.41, 5.74) is 0.825. The van der Waals surface area contributed by atoms with Crippen LogP contribution < -0.4 is 5.32 Å². The molecule has 0 bridgehead atoms. The maximum atomic E-state index is 11.5. The Labute approximate surface area is 120 Å². The number of piperidine rings is 1. The molecule has 4 nitrogen and oxygen atoms in total. The van der Waals surface area contributed by atoms with Gasteiger partial charge in [0.25, 0.3) is 0 Å². The summed E-state index contributed by atoms with van der Waals surface area (Å²) in [5.74, 6) is -0.803. The summed E-state index contributed by atoms with van der Waals surface area (Å²) < 4.78 is 0. The van der Waals surface area contributed by atoms with Crippen molar-refractivity contribution in [2.24, 2.45) is 0 Å². The number of benzene rings is 1. The quantitative estimate of drug-likeness (QED) is 0.866. The van der Waals surface area contributed by atoms with Gasteiger partial charge in [-0.05, 0) is 45.3 Å². The zero-order valence-corrected chi connectivity index (χ0v) is 12.2. The number of carboxylic acid groups (broad SMARTS) is 1. The fourth-order valence-corrected chi connectivity index (χ4v) is 2.77. The molecule has 1 fully saturated rings. The van der Waals surface area contributed by atoms with E-state index < -0.39 is 12.0 Å². The molecule has 1 aliphatic heterocycles. The summed E-state index contributed by atoms with van der Waals surface area (Å²) in [7, 11) is 0. The third kappa shape index (κ3) is 3.81. The van der Waals surface area contributed by atoms with Crippen LogP contribution in [0.25, 0.3) is 0 Å². The van der Waals surface area contributed by atoms with Crippen LogP contribution in [0.15, 0.2) is 30.3 Å². The van der Waals surface area contributed by atoms with E-state index >= 15 is 0 Å². The van der Waals surface area contributed by atoms with Crippen molar-refractivity contribution in [1.82, 2.24) is 10.2 Å². The Bertz CT molecular complexity index is 425. The highest BCUT2D eigenvalue weighted by Crippen LogP contribution is 2.19. The van der Waals surface area contributed by atoms with E-state index in [0.717, 1.165) is 31.5 Å². The summed E-state index contributed by atoms with van der Waals surface area (Å²) in [6, 6.07) is 9.66. The van der Waals surface area contributed by atoms with Crippen molar-refractivity contribution in [3.63, 3.8) is 0 Å². The van der Waals surface area contributed by atoms with Crippen LogP contribution in [0.3, 0.4) is 0 Å². The SMILES string of the molecule is CC(C)N1CCC(NC(C(=O)O)c2ccccc2)CC1. The third-order valence-corrected chi connectivity index (χ3v) is 4.04. The molecule has 1 atom stereocenters. The Morgan fingerprint density at radius 3 is 2.35 bits per heavy atom. The molecule has 2 N–H and O–H groups in total. The molecule has 1 heterocycles. The number of carboxylic acids is 1. The normalized spacial score (nSPS) is 19.1. The number of hydrogen-bond acceptors (Lipinski definition) is 3. The van der Waals surface area contributed by atoms with Gasteiger partial charge in [-0.3, -0.25) is 10.1 Å². The summed E-state index contributed by atoms with van der Waals surface area (Å²) in [6.07, 6.45) is 2.02. The molecule has 2 rings (SSSR count). The van der Waals surface area contributed by atoms with Crippen molar-refractivity contribution in [2.75, 3.05) is 13.1 Å². The van der Waals surface area contributed by atoms with E-state index in [1.54, 1.807) is 0 Å². The first-order chi connectivity index (χ1) is 9.58. The first-order valence-electron chi connectivity index (χ1n) is 7.35. The monoisotopic (exact) mass is 276 g/mol. The van der Waals surface area contributed by atoms with Crippen LogP contribution in [0.4, 0.5) is 0 Å². The minimum atomic E-state index is -0.803. The molecule has 0 spiro atoms. The Morgan fingerprint density at radius 2 is 1.85 bits per heavy atom. The van der Waals surface area contributed by atoms with Gasteiger partial charge in [0, 0.05) is 12.1 Å². The average Bonchev–Trinajstić information content (AvgIpc) is 2.46. The highest BCUT2D eigenvalue weighted by Gasteiger charge is 2.26. The van der Waals surface area contributed by atoms with Gasteiger partial charge < -0.3 is 10.0 Å². The van der Waals surface area contributed by atoms with Gasteiger partial charge in [0.05, 0.1) is 0 Å². The summed E-state index contributed by atoms with van der Waals surface area (Å²) in [6.45, 7) is 6.49. The lowest BCUT2D eigenvalue weighted by atomic mass is 10.00. The first kappa shape index (κ1) is 15.0. The molecule has 1 saturated heterocycles. The Hall–Kier alpha value is -1.39. The zero-order valence-electron chi connectivity index (χ0n) is 12.2. The lowest BCUT2D eigenvalue weighted by Gasteiger charge is -2.36. The molecular weight excluding hydrogens is 252 g/mol. The van der Waals surface area contributed by atoms with Gasteiger partial charge in [-0.1, -0.05) is 30.3 Å². The van der Waals surface area contributed by atoms with E-state index in [9.17, 15) is 9.90 Å².